The van der Waals surface area contributed by atoms with Crippen LogP contribution in [0.15, 0.2) is 18.2 Å². The normalized spacial score (nSPS) is 22.1. The van der Waals surface area contributed by atoms with E-state index >= 15 is 0 Å². The first kappa shape index (κ1) is 19.8. The average Bonchev–Trinajstić information content (AvgIpc) is 2.61. The van der Waals surface area contributed by atoms with Gasteiger partial charge in [0.25, 0.3) is 5.79 Å². The van der Waals surface area contributed by atoms with Crippen molar-refractivity contribution in [2.24, 2.45) is 0 Å². The number of hydrogen-bond donors (Lipinski definition) is 2. The van der Waals surface area contributed by atoms with Crippen LogP contribution in [0.4, 0.5) is 18.0 Å². The summed E-state index contributed by atoms with van der Waals surface area (Å²) in [5, 5.41) is 19.6. The number of alkyl halides is 2. The highest BCUT2D eigenvalue weighted by Gasteiger charge is 2.66. The molecule has 0 aliphatic carbocycles. The molecule has 0 aromatic heterocycles. The number of hydrogen-bond acceptors (Lipinski definition) is 4. The van der Waals surface area contributed by atoms with Gasteiger partial charge >= 0.3 is 12.0 Å². The monoisotopic (exact) mass is 381 g/mol. The van der Waals surface area contributed by atoms with Crippen molar-refractivity contribution >= 4 is 17.7 Å². The Morgan fingerprint density at radius 3 is 2.56 bits per heavy atom. The van der Waals surface area contributed by atoms with Gasteiger partial charge in [-0.25, -0.2) is 9.18 Å². The molecule has 140 valence electrons. The third-order valence-corrected chi connectivity index (χ3v) is 4.11. The topological polar surface area (TPSA) is 70.0 Å². The third kappa shape index (κ3) is 3.86. The summed E-state index contributed by atoms with van der Waals surface area (Å²) in [6, 6.07) is 2.11. The number of aliphatic hydroxyl groups is 2. The maximum atomic E-state index is 14.1. The Morgan fingerprint density at radius 1 is 1.40 bits per heavy atom. The fourth-order valence-electron chi connectivity index (χ4n) is 2.58. The fraction of sp³-hybridized carbons (Fsp3) is 0.562. The van der Waals surface area contributed by atoms with Crippen molar-refractivity contribution in [2.45, 2.75) is 50.5 Å². The molecule has 1 aliphatic heterocycles. The summed E-state index contributed by atoms with van der Waals surface area (Å²) >= 11 is 5.66. The zero-order chi connectivity index (χ0) is 19.2. The van der Waals surface area contributed by atoms with Crippen LogP contribution in [0.2, 0.25) is 5.02 Å². The average molecular weight is 382 g/mol. The predicted octanol–water partition coefficient (Wildman–Crippen LogP) is 2.96. The van der Waals surface area contributed by atoms with E-state index in [2.05, 4.69) is 0 Å². The van der Waals surface area contributed by atoms with Crippen molar-refractivity contribution in [3.05, 3.63) is 34.6 Å². The van der Waals surface area contributed by atoms with E-state index in [-0.39, 0.29) is 10.6 Å². The molecule has 25 heavy (non-hydrogen) atoms. The Kier molecular flexibility index (Phi) is 5.02. The van der Waals surface area contributed by atoms with Gasteiger partial charge in [-0.2, -0.15) is 8.78 Å². The van der Waals surface area contributed by atoms with Crippen LogP contribution in [-0.2, 0) is 11.2 Å². The van der Waals surface area contributed by atoms with Gasteiger partial charge in [-0.3, -0.25) is 4.90 Å². The molecule has 1 atom stereocenters. The SMILES string of the molecule is CC(C)(C)OC(=O)N1CC(F)(F)C(O)(O)[C@@H]1Cc1cccc(Cl)c1F. The minimum Gasteiger partial charge on any atom is -0.444 e. The van der Waals surface area contributed by atoms with Crippen molar-refractivity contribution in [1.29, 1.82) is 0 Å². The Morgan fingerprint density at radius 2 is 2.00 bits per heavy atom. The molecule has 5 nitrogen and oxygen atoms in total. The van der Waals surface area contributed by atoms with Gasteiger partial charge in [-0.1, -0.05) is 23.7 Å². The smallest absolute Gasteiger partial charge is 0.410 e. The van der Waals surface area contributed by atoms with E-state index in [1.165, 1.54) is 39.0 Å². The minimum atomic E-state index is -4.01. The molecule has 1 aromatic carbocycles. The molecule has 1 fully saturated rings. The number of carbonyl (C=O) groups excluding carboxylic acids is 1. The van der Waals surface area contributed by atoms with Crippen LogP contribution in [0.25, 0.3) is 0 Å². The fourth-order valence-corrected chi connectivity index (χ4v) is 2.77. The van der Waals surface area contributed by atoms with Crippen LogP contribution in [0, 0.1) is 5.82 Å². The highest BCUT2D eigenvalue weighted by molar-refractivity contribution is 6.30. The molecule has 1 aliphatic rings. The first-order chi connectivity index (χ1) is 11.3. The summed E-state index contributed by atoms with van der Waals surface area (Å²) in [4.78, 5) is 12.7. The number of amides is 1. The number of halogens is 4. The molecule has 0 saturated carbocycles. The van der Waals surface area contributed by atoms with E-state index in [1.807, 2.05) is 0 Å². The van der Waals surface area contributed by atoms with Gasteiger partial charge in [0.1, 0.15) is 11.4 Å². The van der Waals surface area contributed by atoms with Gasteiger partial charge in [-0.15, -0.1) is 0 Å². The summed E-state index contributed by atoms with van der Waals surface area (Å²) in [6.07, 6.45) is -1.72. The highest BCUT2D eigenvalue weighted by Crippen LogP contribution is 2.42. The van der Waals surface area contributed by atoms with E-state index in [0.29, 0.717) is 4.90 Å². The van der Waals surface area contributed by atoms with Crippen molar-refractivity contribution in [3.8, 4) is 0 Å². The number of rotatable bonds is 2. The molecule has 0 spiro atoms. The van der Waals surface area contributed by atoms with Gasteiger partial charge < -0.3 is 14.9 Å². The number of carbonyl (C=O) groups is 1. The lowest BCUT2D eigenvalue weighted by molar-refractivity contribution is -0.280. The summed E-state index contributed by atoms with van der Waals surface area (Å²) < 4.78 is 47.2. The lowest BCUT2D eigenvalue weighted by Crippen LogP contribution is -2.54. The van der Waals surface area contributed by atoms with Gasteiger partial charge in [0.2, 0.25) is 0 Å². The lowest BCUT2D eigenvalue weighted by Gasteiger charge is -2.32. The number of benzene rings is 1. The third-order valence-electron chi connectivity index (χ3n) is 3.82. The van der Waals surface area contributed by atoms with Crippen LogP contribution < -0.4 is 0 Å². The van der Waals surface area contributed by atoms with Crippen LogP contribution >= 0.6 is 11.6 Å². The number of nitrogens with zero attached hydrogens (tertiary/aromatic N) is 1. The quantitative estimate of drug-likeness (QED) is 0.773. The van der Waals surface area contributed by atoms with Crippen molar-refractivity contribution in [1.82, 2.24) is 4.90 Å². The van der Waals surface area contributed by atoms with Crippen LogP contribution in [0.1, 0.15) is 26.3 Å². The van der Waals surface area contributed by atoms with Gasteiger partial charge in [-0.05, 0) is 32.4 Å². The molecular weight excluding hydrogens is 363 g/mol. The van der Waals surface area contributed by atoms with Gasteiger partial charge in [0, 0.05) is 6.42 Å². The number of ether oxygens (including phenoxy) is 1. The van der Waals surface area contributed by atoms with Crippen molar-refractivity contribution in [3.63, 3.8) is 0 Å². The largest absolute Gasteiger partial charge is 0.444 e. The second-order valence-electron chi connectivity index (χ2n) is 6.97. The summed E-state index contributed by atoms with van der Waals surface area (Å²) in [5.41, 5.74) is -1.11. The molecule has 9 heteroatoms. The minimum absolute atomic E-state index is 0.128. The maximum absolute atomic E-state index is 14.1. The molecule has 0 radical (unpaired) electrons. The predicted molar refractivity (Wildman–Crippen MR) is 84.0 cm³/mol. The molecule has 0 bridgehead atoms. The molecule has 1 heterocycles. The molecule has 0 unspecified atom stereocenters. The van der Waals surface area contributed by atoms with E-state index in [1.54, 1.807) is 0 Å². The van der Waals surface area contributed by atoms with Crippen LogP contribution in [0.3, 0.4) is 0 Å². The number of likely N-dealkylation sites (tertiary alicyclic amines) is 1. The Balaban J connectivity index is 2.38. The zero-order valence-electron chi connectivity index (χ0n) is 13.9. The molecule has 2 N–H and O–H groups in total. The van der Waals surface area contributed by atoms with E-state index in [9.17, 15) is 28.2 Å². The Hall–Kier alpha value is -1.51. The zero-order valence-corrected chi connectivity index (χ0v) is 14.6. The molecular formula is C16H19ClF3NO4. The maximum Gasteiger partial charge on any atom is 0.410 e. The summed E-state index contributed by atoms with van der Waals surface area (Å²) in [7, 11) is 0. The van der Waals surface area contributed by atoms with Crippen LogP contribution in [0.5, 0.6) is 0 Å². The van der Waals surface area contributed by atoms with Crippen molar-refractivity contribution < 1.29 is 32.9 Å². The van der Waals surface area contributed by atoms with E-state index in [4.69, 9.17) is 16.3 Å². The molecule has 2 rings (SSSR count). The van der Waals surface area contributed by atoms with Gasteiger partial charge in [0.15, 0.2) is 0 Å². The Bertz CT molecular complexity index is 676. The lowest BCUT2D eigenvalue weighted by atomic mass is 9.97. The Labute approximate surface area is 147 Å². The summed E-state index contributed by atoms with van der Waals surface area (Å²) in [5.74, 6) is -8.43. The van der Waals surface area contributed by atoms with Crippen LogP contribution in [-0.4, -0.2) is 51.1 Å². The molecule has 1 aromatic rings. The molecule has 1 saturated heterocycles. The standard InChI is InChI=1S/C16H19ClF3NO4/c1-14(2,3)25-13(22)21-8-15(19,20)16(23,24)11(21)7-9-5-4-6-10(17)12(9)18/h4-6,11,23-24H,7-8H2,1-3H3/t11-/m0/s1. The first-order valence-corrected chi connectivity index (χ1v) is 7.89. The van der Waals surface area contributed by atoms with E-state index < -0.39 is 48.2 Å². The molecule has 1 amide bonds. The summed E-state index contributed by atoms with van der Waals surface area (Å²) in [6.45, 7) is 3.35. The van der Waals surface area contributed by atoms with E-state index in [0.717, 1.165) is 0 Å². The first-order valence-electron chi connectivity index (χ1n) is 7.51. The van der Waals surface area contributed by atoms with Crippen molar-refractivity contribution in [2.75, 3.05) is 6.54 Å². The van der Waals surface area contributed by atoms with Gasteiger partial charge in [0.05, 0.1) is 17.6 Å². The highest BCUT2D eigenvalue weighted by atomic mass is 35.5. The second kappa shape index (κ2) is 6.34. The second-order valence-corrected chi connectivity index (χ2v) is 7.38.